The SMILES string of the molecule is Cc1ccnc(C(C)C)c1-n1c(=O)nc2c3c(c(Cl)c(-c4ccccc4F)nc31)OC[C@@H]1CCCCN21. The standard InChI is InChI=1S/C28H27ClFN5O2/c1-15(2)22-24(16(3)11-12-31-22)35-27-20-25(21(29)23(32-27)18-9-4-5-10-19(18)30)37-14-17-8-6-7-13-34(17)26(20)33-28(35)36/h4-5,9-12,15,17H,6-8,13-14H2,1-3H3/t17-/m0/s1. The van der Waals surface area contributed by atoms with E-state index >= 15 is 4.39 Å². The molecule has 0 unspecified atom stereocenters. The third kappa shape index (κ3) is 3.77. The van der Waals surface area contributed by atoms with E-state index in [4.69, 9.17) is 21.3 Å². The van der Waals surface area contributed by atoms with E-state index in [1.165, 1.54) is 10.6 Å². The molecule has 0 aliphatic carbocycles. The number of piperidine rings is 1. The number of fused-ring (bicyclic) bond motifs is 2. The highest BCUT2D eigenvalue weighted by molar-refractivity contribution is 6.36. The molecule has 3 aromatic heterocycles. The van der Waals surface area contributed by atoms with Crippen LogP contribution in [-0.4, -0.2) is 38.7 Å². The molecule has 0 radical (unpaired) electrons. The second kappa shape index (κ2) is 9.10. The maximum Gasteiger partial charge on any atom is 0.355 e. The van der Waals surface area contributed by atoms with Gasteiger partial charge >= 0.3 is 5.69 Å². The summed E-state index contributed by atoms with van der Waals surface area (Å²) in [6.07, 6.45) is 4.72. The monoisotopic (exact) mass is 519 g/mol. The summed E-state index contributed by atoms with van der Waals surface area (Å²) in [6, 6.07) is 8.25. The molecule has 1 aromatic carbocycles. The summed E-state index contributed by atoms with van der Waals surface area (Å²) in [4.78, 5) is 30.1. The minimum Gasteiger partial charge on any atom is -0.489 e. The maximum atomic E-state index is 15.0. The van der Waals surface area contributed by atoms with Crippen LogP contribution < -0.4 is 15.3 Å². The summed E-state index contributed by atoms with van der Waals surface area (Å²) in [5.74, 6) is 0.477. The fraction of sp³-hybridized carbons (Fsp3) is 0.357. The number of pyridine rings is 2. The molecule has 1 saturated heterocycles. The van der Waals surface area contributed by atoms with Crippen molar-refractivity contribution in [3.63, 3.8) is 0 Å². The first kappa shape index (κ1) is 23.9. The summed E-state index contributed by atoms with van der Waals surface area (Å²) in [5, 5.41) is 0.768. The van der Waals surface area contributed by atoms with Crippen molar-refractivity contribution >= 4 is 28.5 Å². The van der Waals surface area contributed by atoms with Gasteiger partial charge in [-0.1, -0.05) is 37.6 Å². The van der Waals surface area contributed by atoms with Gasteiger partial charge < -0.3 is 9.64 Å². The number of ether oxygens (including phenoxy) is 1. The van der Waals surface area contributed by atoms with Crippen LogP contribution in [0.1, 0.15) is 50.3 Å². The van der Waals surface area contributed by atoms with E-state index in [9.17, 15) is 4.79 Å². The lowest BCUT2D eigenvalue weighted by molar-refractivity contribution is 0.267. The van der Waals surface area contributed by atoms with E-state index in [0.29, 0.717) is 34.9 Å². The third-order valence-electron chi connectivity index (χ3n) is 7.28. The minimum atomic E-state index is -0.466. The van der Waals surface area contributed by atoms with Gasteiger partial charge in [-0.2, -0.15) is 4.98 Å². The average molecular weight is 520 g/mol. The summed E-state index contributed by atoms with van der Waals surface area (Å²) >= 11 is 6.92. The number of rotatable bonds is 3. The second-order valence-electron chi connectivity index (χ2n) is 10.0. The topological polar surface area (TPSA) is 73.1 Å². The highest BCUT2D eigenvalue weighted by Crippen LogP contribution is 2.46. The Morgan fingerprint density at radius 3 is 2.76 bits per heavy atom. The zero-order valence-corrected chi connectivity index (χ0v) is 21.7. The molecule has 0 spiro atoms. The summed E-state index contributed by atoms with van der Waals surface area (Å²) in [7, 11) is 0. The number of aryl methyl sites for hydroxylation is 1. The van der Waals surface area contributed by atoms with Crippen molar-refractivity contribution < 1.29 is 9.13 Å². The van der Waals surface area contributed by atoms with Gasteiger partial charge in [-0.05, 0) is 55.9 Å². The molecule has 0 amide bonds. The molecule has 5 heterocycles. The summed E-state index contributed by atoms with van der Waals surface area (Å²) in [6.45, 7) is 7.13. The summed E-state index contributed by atoms with van der Waals surface area (Å²) in [5.41, 5.74) is 2.55. The number of hydrogen-bond donors (Lipinski definition) is 0. The zero-order valence-electron chi connectivity index (χ0n) is 21.0. The zero-order chi connectivity index (χ0) is 25.8. The number of hydrogen-bond acceptors (Lipinski definition) is 6. The van der Waals surface area contributed by atoms with E-state index in [0.717, 1.165) is 37.1 Å². The second-order valence-corrected chi connectivity index (χ2v) is 10.4. The molecular formula is C28H27ClFN5O2. The highest BCUT2D eigenvalue weighted by atomic mass is 35.5. The Morgan fingerprint density at radius 2 is 1.97 bits per heavy atom. The van der Waals surface area contributed by atoms with Gasteiger partial charge in [0.1, 0.15) is 28.7 Å². The van der Waals surface area contributed by atoms with Crippen molar-refractivity contribution in [3.8, 4) is 22.7 Å². The van der Waals surface area contributed by atoms with Gasteiger partial charge in [-0.3, -0.25) is 4.98 Å². The molecule has 0 N–H and O–H groups in total. The first-order valence-corrected chi connectivity index (χ1v) is 13.0. The fourth-order valence-electron chi connectivity index (χ4n) is 5.47. The Balaban J connectivity index is 1.78. The molecule has 190 valence electrons. The Kier molecular flexibility index (Phi) is 5.87. The normalized spacial score (nSPS) is 17.0. The Labute approximate surface area is 218 Å². The van der Waals surface area contributed by atoms with E-state index in [2.05, 4.69) is 14.9 Å². The molecular weight excluding hydrogens is 493 g/mol. The van der Waals surface area contributed by atoms with Crippen molar-refractivity contribution in [2.45, 2.75) is 52.0 Å². The fourth-order valence-corrected chi connectivity index (χ4v) is 5.77. The van der Waals surface area contributed by atoms with Gasteiger partial charge in [0.25, 0.3) is 0 Å². The lowest BCUT2D eigenvalue weighted by atomic mass is 10.0. The van der Waals surface area contributed by atoms with Crippen LogP contribution in [0.5, 0.6) is 5.75 Å². The first-order valence-electron chi connectivity index (χ1n) is 12.6. The molecule has 1 atom stereocenters. The Hall–Kier alpha value is -3.52. The molecule has 37 heavy (non-hydrogen) atoms. The van der Waals surface area contributed by atoms with E-state index in [1.807, 2.05) is 26.8 Å². The third-order valence-corrected chi connectivity index (χ3v) is 7.63. The predicted molar refractivity (Wildman–Crippen MR) is 143 cm³/mol. The quantitative estimate of drug-likeness (QED) is 0.339. The maximum absolute atomic E-state index is 15.0. The molecule has 9 heteroatoms. The van der Waals surface area contributed by atoms with Crippen LogP contribution in [-0.2, 0) is 0 Å². The number of aromatic nitrogens is 4. The summed E-state index contributed by atoms with van der Waals surface area (Å²) < 4.78 is 22.9. The molecule has 6 rings (SSSR count). The van der Waals surface area contributed by atoms with Crippen LogP contribution in [0.15, 0.2) is 41.3 Å². The highest BCUT2D eigenvalue weighted by Gasteiger charge is 2.35. The molecule has 1 fully saturated rings. The van der Waals surface area contributed by atoms with E-state index < -0.39 is 11.5 Å². The van der Waals surface area contributed by atoms with Crippen LogP contribution in [0.25, 0.3) is 28.0 Å². The van der Waals surface area contributed by atoms with Crippen molar-refractivity contribution in [3.05, 3.63) is 69.1 Å². The lowest BCUT2D eigenvalue weighted by Crippen LogP contribution is -2.43. The largest absolute Gasteiger partial charge is 0.489 e. The average Bonchev–Trinajstić information content (AvgIpc) is 3.05. The van der Waals surface area contributed by atoms with Crippen LogP contribution in [0.2, 0.25) is 5.02 Å². The van der Waals surface area contributed by atoms with Crippen LogP contribution in [0, 0.1) is 12.7 Å². The van der Waals surface area contributed by atoms with Gasteiger partial charge in [0.2, 0.25) is 0 Å². The van der Waals surface area contributed by atoms with Crippen LogP contribution >= 0.6 is 11.6 Å². The van der Waals surface area contributed by atoms with Gasteiger partial charge in [-0.15, -0.1) is 0 Å². The smallest absolute Gasteiger partial charge is 0.355 e. The van der Waals surface area contributed by atoms with Gasteiger partial charge in [0.05, 0.1) is 23.1 Å². The molecule has 0 bridgehead atoms. The van der Waals surface area contributed by atoms with Crippen LogP contribution in [0.4, 0.5) is 10.2 Å². The van der Waals surface area contributed by atoms with Gasteiger partial charge in [0, 0.05) is 18.3 Å². The minimum absolute atomic E-state index is 0.0349. The van der Waals surface area contributed by atoms with E-state index in [1.54, 1.807) is 24.4 Å². The van der Waals surface area contributed by atoms with E-state index in [-0.39, 0.29) is 28.2 Å². The predicted octanol–water partition coefficient (Wildman–Crippen LogP) is 5.82. The molecule has 7 nitrogen and oxygen atoms in total. The lowest BCUT2D eigenvalue weighted by Gasteiger charge is -2.34. The van der Waals surface area contributed by atoms with Crippen LogP contribution in [0.3, 0.4) is 0 Å². The van der Waals surface area contributed by atoms with Crippen molar-refractivity contribution in [1.82, 2.24) is 19.5 Å². The van der Waals surface area contributed by atoms with Crippen molar-refractivity contribution in [2.75, 3.05) is 18.1 Å². The number of benzene rings is 1. The van der Waals surface area contributed by atoms with Gasteiger partial charge in [-0.25, -0.2) is 18.7 Å². The number of nitrogens with zero attached hydrogens (tertiary/aromatic N) is 5. The van der Waals surface area contributed by atoms with Crippen molar-refractivity contribution in [2.24, 2.45) is 0 Å². The Bertz CT molecular complexity index is 1600. The van der Waals surface area contributed by atoms with Crippen molar-refractivity contribution in [1.29, 1.82) is 0 Å². The first-order chi connectivity index (χ1) is 17.9. The molecule has 2 aliphatic rings. The number of anilines is 1. The Morgan fingerprint density at radius 1 is 1.16 bits per heavy atom. The number of halogens is 2. The molecule has 2 aliphatic heterocycles. The molecule has 4 aromatic rings. The molecule has 0 saturated carbocycles. The van der Waals surface area contributed by atoms with Gasteiger partial charge in [0.15, 0.2) is 11.4 Å².